The van der Waals surface area contributed by atoms with Gasteiger partial charge < -0.3 is 0 Å². The van der Waals surface area contributed by atoms with Gasteiger partial charge in [-0.25, -0.2) is 5.43 Å². The Morgan fingerprint density at radius 3 is 2.80 bits per heavy atom. The van der Waals surface area contributed by atoms with Gasteiger partial charge in [-0.15, -0.1) is 11.3 Å². The second-order valence-electron chi connectivity index (χ2n) is 4.91. The third-order valence-electron chi connectivity index (χ3n) is 3.45. The van der Waals surface area contributed by atoms with Crippen molar-refractivity contribution in [3.8, 4) is 0 Å². The highest BCUT2D eigenvalue weighted by Crippen LogP contribution is 2.19. The van der Waals surface area contributed by atoms with Crippen LogP contribution < -0.4 is 5.43 Å². The summed E-state index contributed by atoms with van der Waals surface area (Å²) in [4.78, 5) is 12.9. The van der Waals surface area contributed by atoms with E-state index in [9.17, 15) is 4.79 Å². The molecule has 1 aliphatic rings. The topological polar surface area (TPSA) is 41.5 Å². The molecule has 3 nitrogen and oxygen atoms in total. The molecule has 0 atom stereocenters. The number of fused-ring (bicyclic) bond motifs is 1. The van der Waals surface area contributed by atoms with Crippen molar-refractivity contribution in [1.82, 2.24) is 5.43 Å². The minimum atomic E-state index is -0.0428. The van der Waals surface area contributed by atoms with Crippen LogP contribution in [0.3, 0.4) is 0 Å². The van der Waals surface area contributed by atoms with Crippen molar-refractivity contribution >= 4 is 23.0 Å². The van der Waals surface area contributed by atoms with Crippen molar-refractivity contribution in [3.05, 3.63) is 57.8 Å². The van der Waals surface area contributed by atoms with E-state index in [1.807, 2.05) is 17.5 Å². The van der Waals surface area contributed by atoms with Crippen molar-refractivity contribution in [2.45, 2.75) is 25.7 Å². The van der Waals surface area contributed by atoms with Gasteiger partial charge >= 0.3 is 0 Å². The van der Waals surface area contributed by atoms with Crippen LogP contribution in [0.5, 0.6) is 0 Å². The molecule has 1 amide bonds. The molecular weight excluding hydrogens is 268 g/mol. The van der Waals surface area contributed by atoms with Gasteiger partial charge in [0, 0.05) is 17.0 Å². The molecule has 1 heterocycles. The van der Waals surface area contributed by atoms with Gasteiger partial charge in [0.25, 0.3) is 0 Å². The maximum atomic E-state index is 11.8. The monoisotopic (exact) mass is 284 g/mol. The van der Waals surface area contributed by atoms with Gasteiger partial charge in [-0.05, 0) is 35.4 Å². The van der Waals surface area contributed by atoms with Crippen LogP contribution >= 0.6 is 11.3 Å². The van der Waals surface area contributed by atoms with E-state index >= 15 is 0 Å². The van der Waals surface area contributed by atoms with Gasteiger partial charge in [0.15, 0.2) is 0 Å². The highest BCUT2D eigenvalue weighted by molar-refractivity contribution is 7.10. The molecule has 0 unspecified atom stereocenters. The molecule has 0 aliphatic heterocycles. The van der Waals surface area contributed by atoms with Crippen molar-refractivity contribution in [1.29, 1.82) is 0 Å². The number of carbonyl (C=O) groups is 1. The molecule has 102 valence electrons. The van der Waals surface area contributed by atoms with Gasteiger partial charge in [-0.2, -0.15) is 5.10 Å². The zero-order valence-corrected chi connectivity index (χ0v) is 12.0. The van der Waals surface area contributed by atoms with E-state index < -0.39 is 0 Å². The molecule has 1 N–H and O–H groups in total. The summed E-state index contributed by atoms with van der Waals surface area (Å²) < 4.78 is 0. The highest BCUT2D eigenvalue weighted by atomic mass is 32.1. The quantitative estimate of drug-likeness (QED) is 0.865. The van der Waals surface area contributed by atoms with E-state index in [1.165, 1.54) is 11.1 Å². The van der Waals surface area contributed by atoms with Crippen LogP contribution in [-0.2, 0) is 24.1 Å². The fourth-order valence-corrected chi connectivity index (χ4v) is 3.11. The fourth-order valence-electron chi connectivity index (χ4n) is 2.41. The lowest BCUT2D eigenvalue weighted by atomic mass is 9.90. The van der Waals surface area contributed by atoms with Gasteiger partial charge in [0.2, 0.25) is 5.91 Å². The first-order valence-electron chi connectivity index (χ1n) is 6.75. The average Bonchev–Trinajstić information content (AvgIpc) is 2.98. The summed E-state index contributed by atoms with van der Waals surface area (Å²) in [5, 5.41) is 6.26. The molecule has 0 spiro atoms. The summed E-state index contributed by atoms with van der Waals surface area (Å²) in [5.41, 5.74) is 6.46. The molecule has 2 aromatic rings. The van der Waals surface area contributed by atoms with Gasteiger partial charge in [-0.3, -0.25) is 4.79 Å². The molecule has 1 aliphatic carbocycles. The molecule has 1 aromatic carbocycles. The first-order valence-corrected chi connectivity index (χ1v) is 7.62. The average molecular weight is 284 g/mol. The molecule has 0 radical (unpaired) electrons. The van der Waals surface area contributed by atoms with Crippen molar-refractivity contribution in [3.63, 3.8) is 0 Å². The minimum Gasteiger partial charge on any atom is -0.273 e. The highest BCUT2D eigenvalue weighted by Gasteiger charge is 2.13. The first-order chi connectivity index (χ1) is 9.81. The Balaban J connectivity index is 1.59. The largest absolute Gasteiger partial charge is 0.273 e. The fraction of sp³-hybridized carbons (Fsp3) is 0.250. The molecule has 0 saturated carbocycles. The lowest BCUT2D eigenvalue weighted by Gasteiger charge is -2.17. The van der Waals surface area contributed by atoms with E-state index in [0.29, 0.717) is 6.42 Å². The number of rotatable bonds is 3. The maximum Gasteiger partial charge on any atom is 0.245 e. The van der Waals surface area contributed by atoms with E-state index in [0.717, 1.165) is 29.9 Å². The van der Waals surface area contributed by atoms with Gasteiger partial charge in [0.05, 0.1) is 6.42 Å². The Bertz CT molecular complexity index is 632. The molecule has 0 bridgehead atoms. The number of amides is 1. The zero-order valence-electron chi connectivity index (χ0n) is 11.1. The lowest BCUT2D eigenvalue weighted by molar-refractivity contribution is -0.120. The van der Waals surface area contributed by atoms with Gasteiger partial charge in [-0.1, -0.05) is 30.3 Å². The standard InChI is InChI=1S/C16H16N2OS/c19-16(11-15-6-3-9-20-15)18-17-14-8-7-12-4-1-2-5-13(12)10-14/h1-6,9H,7-8,10-11H2,(H,18,19)/b17-14-. The van der Waals surface area contributed by atoms with Crippen LogP contribution in [0.15, 0.2) is 46.9 Å². The Labute approximate surface area is 122 Å². The predicted octanol–water partition coefficient (Wildman–Crippen LogP) is 2.95. The Morgan fingerprint density at radius 1 is 1.15 bits per heavy atom. The number of hydrogen-bond acceptors (Lipinski definition) is 3. The molecule has 3 rings (SSSR count). The van der Waals surface area contributed by atoms with Crippen LogP contribution in [0.1, 0.15) is 22.4 Å². The summed E-state index contributed by atoms with van der Waals surface area (Å²) in [6.45, 7) is 0. The van der Waals surface area contributed by atoms with E-state index in [-0.39, 0.29) is 5.91 Å². The number of benzene rings is 1. The van der Waals surface area contributed by atoms with Crippen molar-refractivity contribution in [2.24, 2.45) is 5.10 Å². The predicted molar refractivity (Wildman–Crippen MR) is 82.1 cm³/mol. The number of nitrogens with zero attached hydrogens (tertiary/aromatic N) is 1. The van der Waals surface area contributed by atoms with Crippen molar-refractivity contribution in [2.75, 3.05) is 0 Å². The molecule has 0 saturated heterocycles. The second-order valence-corrected chi connectivity index (χ2v) is 5.95. The normalized spacial score (nSPS) is 15.9. The van der Waals surface area contributed by atoms with E-state index in [4.69, 9.17) is 0 Å². The second kappa shape index (κ2) is 6.01. The molecule has 20 heavy (non-hydrogen) atoms. The summed E-state index contributed by atoms with van der Waals surface area (Å²) in [5.74, 6) is -0.0428. The Morgan fingerprint density at radius 2 is 2.00 bits per heavy atom. The molecule has 0 fully saturated rings. The third kappa shape index (κ3) is 3.14. The summed E-state index contributed by atoms with van der Waals surface area (Å²) >= 11 is 1.59. The summed E-state index contributed by atoms with van der Waals surface area (Å²) in [6, 6.07) is 12.4. The summed E-state index contributed by atoms with van der Waals surface area (Å²) in [6.07, 6.45) is 3.19. The van der Waals surface area contributed by atoms with E-state index in [2.05, 4.69) is 34.8 Å². The van der Waals surface area contributed by atoms with E-state index in [1.54, 1.807) is 11.3 Å². The van der Waals surface area contributed by atoms with Crippen LogP contribution in [0, 0.1) is 0 Å². The summed E-state index contributed by atoms with van der Waals surface area (Å²) in [7, 11) is 0. The lowest BCUT2D eigenvalue weighted by Crippen LogP contribution is -2.23. The Kier molecular flexibility index (Phi) is 3.92. The number of hydrazone groups is 1. The van der Waals surface area contributed by atoms with Crippen LogP contribution in [-0.4, -0.2) is 11.6 Å². The first kappa shape index (κ1) is 13.1. The zero-order chi connectivity index (χ0) is 13.8. The molecule has 1 aromatic heterocycles. The number of thiophene rings is 1. The number of hydrogen-bond donors (Lipinski definition) is 1. The third-order valence-corrected chi connectivity index (χ3v) is 4.33. The Hall–Kier alpha value is -1.94. The molecule has 4 heteroatoms. The van der Waals surface area contributed by atoms with Crippen LogP contribution in [0.25, 0.3) is 0 Å². The van der Waals surface area contributed by atoms with Crippen LogP contribution in [0.2, 0.25) is 0 Å². The number of nitrogens with one attached hydrogen (secondary N) is 1. The molecular formula is C16H16N2OS. The van der Waals surface area contributed by atoms with Crippen molar-refractivity contribution < 1.29 is 4.79 Å². The number of aryl methyl sites for hydroxylation is 1. The smallest absolute Gasteiger partial charge is 0.245 e. The van der Waals surface area contributed by atoms with Gasteiger partial charge in [0.1, 0.15) is 0 Å². The minimum absolute atomic E-state index is 0.0428. The maximum absolute atomic E-state index is 11.8. The van der Waals surface area contributed by atoms with Crippen LogP contribution in [0.4, 0.5) is 0 Å². The SMILES string of the molecule is O=C(Cc1cccs1)N/N=C1/CCc2ccccc2C1. The number of carbonyl (C=O) groups excluding carboxylic acids is 1.